The van der Waals surface area contributed by atoms with Crippen LogP contribution in [0.1, 0.15) is 27.4 Å². The highest BCUT2D eigenvalue weighted by molar-refractivity contribution is 9.10. The van der Waals surface area contributed by atoms with E-state index < -0.39 is 0 Å². The minimum Gasteiger partial charge on any atom is -0.314 e. The topological polar surface area (TPSA) is 37.4 Å². The Bertz CT molecular complexity index is 714. The molecule has 0 fully saturated rings. The van der Waals surface area contributed by atoms with Crippen molar-refractivity contribution < 1.29 is 9.59 Å². The van der Waals surface area contributed by atoms with Crippen LogP contribution >= 0.6 is 38.9 Å². The zero-order valence-electron chi connectivity index (χ0n) is 12.2. The van der Waals surface area contributed by atoms with Crippen LogP contribution in [0.5, 0.6) is 0 Å². The molecule has 0 unspecified atom stereocenters. The van der Waals surface area contributed by atoms with Crippen LogP contribution in [0.25, 0.3) is 0 Å². The SMILES string of the molecule is Cc1ccc(C(=O)CCC(=O)N(C)c2ccc(Br)cc2Cl)s1. The number of halogens is 2. The molecule has 6 heteroatoms. The fourth-order valence-corrected chi connectivity index (χ4v) is 3.62. The molecule has 0 bridgehead atoms. The lowest BCUT2D eigenvalue weighted by atomic mass is 10.1. The molecule has 3 nitrogen and oxygen atoms in total. The predicted molar refractivity (Wildman–Crippen MR) is 95.2 cm³/mol. The van der Waals surface area contributed by atoms with Crippen LogP contribution in [0.2, 0.25) is 5.02 Å². The van der Waals surface area contributed by atoms with Crippen molar-refractivity contribution in [2.24, 2.45) is 0 Å². The van der Waals surface area contributed by atoms with Crippen molar-refractivity contribution in [1.82, 2.24) is 0 Å². The number of benzene rings is 1. The second kappa shape index (κ2) is 7.40. The molecule has 1 amide bonds. The summed E-state index contributed by atoms with van der Waals surface area (Å²) in [6, 6.07) is 9.05. The van der Waals surface area contributed by atoms with Gasteiger partial charge in [-0.2, -0.15) is 0 Å². The van der Waals surface area contributed by atoms with Gasteiger partial charge in [0.2, 0.25) is 5.91 Å². The molecule has 0 saturated heterocycles. The van der Waals surface area contributed by atoms with Crippen LogP contribution in [0, 0.1) is 6.92 Å². The average Bonchev–Trinajstić information content (AvgIpc) is 2.90. The van der Waals surface area contributed by atoms with Gasteiger partial charge < -0.3 is 4.90 Å². The summed E-state index contributed by atoms with van der Waals surface area (Å²) in [5.74, 6) is -0.132. The number of carbonyl (C=O) groups excluding carboxylic acids is 2. The van der Waals surface area contributed by atoms with Gasteiger partial charge in [-0.15, -0.1) is 11.3 Å². The number of carbonyl (C=O) groups is 2. The van der Waals surface area contributed by atoms with E-state index >= 15 is 0 Å². The van der Waals surface area contributed by atoms with E-state index in [1.54, 1.807) is 19.2 Å². The first-order valence-electron chi connectivity index (χ1n) is 6.69. The Labute approximate surface area is 147 Å². The predicted octanol–water partition coefficient (Wildman–Crippen LogP) is 5.10. The van der Waals surface area contributed by atoms with Gasteiger partial charge in [-0.3, -0.25) is 9.59 Å². The minimum atomic E-state index is -0.133. The lowest BCUT2D eigenvalue weighted by Crippen LogP contribution is -2.26. The third kappa shape index (κ3) is 4.18. The summed E-state index contributed by atoms with van der Waals surface area (Å²) in [5.41, 5.74) is 0.634. The molecule has 22 heavy (non-hydrogen) atoms. The smallest absolute Gasteiger partial charge is 0.227 e. The van der Waals surface area contributed by atoms with Gasteiger partial charge in [-0.1, -0.05) is 27.5 Å². The largest absolute Gasteiger partial charge is 0.314 e. The Hall–Kier alpha value is -1.17. The van der Waals surface area contributed by atoms with Crippen molar-refractivity contribution in [2.75, 3.05) is 11.9 Å². The van der Waals surface area contributed by atoms with Crippen molar-refractivity contribution in [2.45, 2.75) is 19.8 Å². The van der Waals surface area contributed by atoms with Crippen molar-refractivity contribution in [1.29, 1.82) is 0 Å². The number of anilines is 1. The third-order valence-corrected chi connectivity index (χ3v) is 5.06. The van der Waals surface area contributed by atoms with E-state index in [4.69, 9.17) is 11.6 Å². The van der Waals surface area contributed by atoms with Crippen LogP contribution < -0.4 is 4.90 Å². The first-order valence-corrected chi connectivity index (χ1v) is 8.68. The van der Waals surface area contributed by atoms with Gasteiger partial charge in [0, 0.05) is 29.2 Å². The molecule has 0 aliphatic carbocycles. The highest BCUT2D eigenvalue weighted by Gasteiger charge is 2.16. The number of amides is 1. The molecular weight excluding hydrogens is 386 g/mol. The number of hydrogen-bond acceptors (Lipinski definition) is 3. The fraction of sp³-hybridized carbons (Fsp3) is 0.250. The molecule has 0 saturated carbocycles. The number of hydrogen-bond donors (Lipinski definition) is 0. The van der Waals surface area contributed by atoms with Crippen molar-refractivity contribution >= 4 is 56.2 Å². The Balaban J connectivity index is 1.98. The van der Waals surface area contributed by atoms with E-state index in [2.05, 4.69) is 15.9 Å². The zero-order valence-corrected chi connectivity index (χ0v) is 15.4. The number of ketones is 1. The van der Waals surface area contributed by atoms with Gasteiger partial charge in [0.1, 0.15) is 0 Å². The number of nitrogens with zero attached hydrogens (tertiary/aromatic N) is 1. The monoisotopic (exact) mass is 399 g/mol. The number of Topliss-reactive ketones (excluding diaryl/α,β-unsaturated/α-hetero) is 1. The Morgan fingerprint density at radius 2 is 1.95 bits per heavy atom. The fourth-order valence-electron chi connectivity index (χ4n) is 1.98. The van der Waals surface area contributed by atoms with Crippen LogP contribution in [-0.4, -0.2) is 18.7 Å². The molecule has 1 heterocycles. The van der Waals surface area contributed by atoms with Crippen LogP contribution in [0.4, 0.5) is 5.69 Å². The van der Waals surface area contributed by atoms with E-state index in [-0.39, 0.29) is 24.5 Å². The van der Waals surface area contributed by atoms with E-state index in [0.717, 1.165) is 9.35 Å². The molecule has 0 spiro atoms. The maximum absolute atomic E-state index is 12.2. The summed E-state index contributed by atoms with van der Waals surface area (Å²) in [5, 5.41) is 0.491. The zero-order chi connectivity index (χ0) is 16.3. The average molecular weight is 401 g/mol. The lowest BCUT2D eigenvalue weighted by molar-refractivity contribution is -0.118. The summed E-state index contributed by atoms with van der Waals surface area (Å²) >= 11 is 10.9. The summed E-state index contributed by atoms with van der Waals surface area (Å²) in [6.45, 7) is 1.95. The number of aryl methyl sites for hydroxylation is 1. The van der Waals surface area contributed by atoms with Crippen molar-refractivity contribution in [3.05, 3.63) is 49.6 Å². The molecular formula is C16H15BrClNO2S. The maximum Gasteiger partial charge on any atom is 0.227 e. The van der Waals surface area contributed by atoms with Crippen molar-refractivity contribution in [3.63, 3.8) is 0 Å². The normalized spacial score (nSPS) is 10.5. The second-order valence-electron chi connectivity index (χ2n) is 4.88. The molecule has 2 aromatic rings. The van der Waals surface area contributed by atoms with Crippen LogP contribution in [0.3, 0.4) is 0 Å². The van der Waals surface area contributed by atoms with E-state index in [0.29, 0.717) is 15.6 Å². The first kappa shape index (κ1) is 17.2. The molecule has 1 aromatic heterocycles. The molecule has 0 atom stereocenters. The molecule has 116 valence electrons. The number of thiophene rings is 1. The highest BCUT2D eigenvalue weighted by Crippen LogP contribution is 2.28. The summed E-state index contributed by atoms with van der Waals surface area (Å²) in [7, 11) is 1.66. The van der Waals surface area contributed by atoms with Crippen LogP contribution in [0.15, 0.2) is 34.8 Å². The van der Waals surface area contributed by atoms with E-state index in [1.165, 1.54) is 16.2 Å². The third-order valence-electron chi connectivity index (χ3n) is 3.23. The molecule has 1 aromatic carbocycles. The molecule has 2 rings (SSSR count). The second-order valence-corrected chi connectivity index (χ2v) is 7.49. The molecule has 0 radical (unpaired) electrons. The van der Waals surface area contributed by atoms with E-state index in [1.807, 2.05) is 25.1 Å². The Morgan fingerprint density at radius 1 is 1.23 bits per heavy atom. The molecule has 0 aliphatic heterocycles. The maximum atomic E-state index is 12.2. The van der Waals surface area contributed by atoms with Gasteiger partial charge in [-0.05, 0) is 37.3 Å². The van der Waals surface area contributed by atoms with Gasteiger partial charge in [0.05, 0.1) is 15.6 Å². The van der Waals surface area contributed by atoms with Crippen LogP contribution in [-0.2, 0) is 4.79 Å². The van der Waals surface area contributed by atoms with E-state index in [9.17, 15) is 9.59 Å². The molecule has 0 N–H and O–H groups in total. The summed E-state index contributed by atoms with van der Waals surface area (Å²) in [4.78, 5) is 27.6. The Morgan fingerprint density at radius 3 is 2.55 bits per heavy atom. The highest BCUT2D eigenvalue weighted by atomic mass is 79.9. The van der Waals surface area contributed by atoms with Crippen molar-refractivity contribution in [3.8, 4) is 0 Å². The van der Waals surface area contributed by atoms with Gasteiger partial charge in [-0.25, -0.2) is 0 Å². The van der Waals surface area contributed by atoms with Gasteiger partial charge in [0.15, 0.2) is 5.78 Å². The summed E-state index contributed by atoms with van der Waals surface area (Å²) in [6.07, 6.45) is 0.371. The Kier molecular flexibility index (Phi) is 5.78. The molecule has 0 aliphatic rings. The van der Waals surface area contributed by atoms with Gasteiger partial charge >= 0.3 is 0 Å². The quantitative estimate of drug-likeness (QED) is 0.655. The first-order chi connectivity index (χ1) is 10.4. The van der Waals surface area contributed by atoms with Gasteiger partial charge in [0.25, 0.3) is 0 Å². The lowest BCUT2D eigenvalue weighted by Gasteiger charge is -2.18. The minimum absolute atomic E-state index is 0.00162. The standard InChI is InChI=1S/C16H15BrClNO2S/c1-10-3-7-15(22-10)14(20)6-8-16(21)19(2)13-5-4-11(17)9-12(13)18/h3-5,7,9H,6,8H2,1-2H3. The summed E-state index contributed by atoms with van der Waals surface area (Å²) < 4.78 is 0.852. The number of rotatable bonds is 5.